The molecule has 3 saturated carbocycles. The summed E-state index contributed by atoms with van der Waals surface area (Å²) in [5, 5.41) is 10.4. The number of hydrogen-bond donors (Lipinski definition) is 1. The van der Waals surface area contributed by atoms with Crippen LogP contribution >= 0.6 is 0 Å². The van der Waals surface area contributed by atoms with E-state index in [-0.39, 0.29) is 6.10 Å². The molecule has 2 bridgehead atoms. The first kappa shape index (κ1) is 8.81. The maximum atomic E-state index is 10.4. The minimum absolute atomic E-state index is 0.0501. The molecule has 4 aliphatic rings. The van der Waals surface area contributed by atoms with Gasteiger partial charge in [-0.2, -0.15) is 0 Å². The number of hydrogen-bond acceptors (Lipinski definition) is 1. The zero-order valence-corrected chi connectivity index (χ0v) is 9.23. The van der Waals surface area contributed by atoms with Crippen molar-refractivity contribution in [1.29, 1.82) is 0 Å². The van der Waals surface area contributed by atoms with Crippen LogP contribution in [0, 0.1) is 29.6 Å². The molecule has 0 aromatic carbocycles. The van der Waals surface area contributed by atoms with Gasteiger partial charge in [0, 0.05) is 0 Å². The number of rotatable bonds is 2. The number of aliphatic hydroxyl groups is 1. The first-order valence-electron chi connectivity index (χ1n) is 6.73. The summed E-state index contributed by atoms with van der Waals surface area (Å²) in [5.74, 6) is 4.55. The third kappa shape index (κ3) is 1.08. The summed E-state index contributed by atoms with van der Waals surface area (Å²) in [5.41, 5.74) is 1.38. The van der Waals surface area contributed by atoms with Crippen molar-refractivity contribution in [3.8, 4) is 0 Å². The molecule has 0 aromatic rings. The molecule has 0 amide bonds. The molecule has 4 aliphatic carbocycles. The summed E-state index contributed by atoms with van der Waals surface area (Å²) in [7, 11) is 0. The second-order valence-corrected chi connectivity index (χ2v) is 6.18. The largest absolute Gasteiger partial charge is 0.388 e. The highest BCUT2D eigenvalue weighted by molar-refractivity contribution is 5.23. The highest BCUT2D eigenvalue weighted by atomic mass is 16.3. The molecular formula is C14H20O. The van der Waals surface area contributed by atoms with Crippen LogP contribution in [0.3, 0.4) is 0 Å². The second kappa shape index (κ2) is 2.88. The third-order valence-corrected chi connectivity index (χ3v) is 5.62. The van der Waals surface area contributed by atoms with E-state index in [1.165, 1.54) is 44.1 Å². The van der Waals surface area contributed by atoms with Crippen molar-refractivity contribution in [1.82, 2.24) is 0 Å². The van der Waals surface area contributed by atoms with Gasteiger partial charge in [0.2, 0.25) is 0 Å². The van der Waals surface area contributed by atoms with Gasteiger partial charge in [-0.1, -0.05) is 6.08 Å². The predicted molar refractivity (Wildman–Crippen MR) is 59.2 cm³/mol. The molecule has 5 unspecified atom stereocenters. The van der Waals surface area contributed by atoms with Gasteiger partial charge >= 0.3 is 0 Å². The fourth-order valence-corrected chi connectivity index (χ4v) is 5.03. The molecule has 0 spiro atoms. The van der Waals surface area contributed by atoms with Gasteiger partial charge in [0.15, 0.2) is 0 Å². The number of fused-ring (bicyclic) bond motifs is 5. The maximum absolute atomic E-state index is 10.4. The van der Waals surface area contributed by atoms with Crippen molar-refractivity contribution in [2.45, 2.75) is 44.6 Å². The van der Waals surface area contributed by atoms with Crippen molar-refractivity contribution >= 4 is 0 Å². The molecular weight excluding hydrogens is 184 g/mol. The van der Waals surface area contributed by atoms with Gasteiger partial charge in [0.25, 0.3) is 0 Å². The monoisotopic (exact) mass is 204 g/mol. The van der Waals surface area contributed by atoms with E-state index in [9.17, 15) is 5.11 Å². The smallest absolute Gasteiger partial charge is 0.0783 e. The lowest BCUT2D eigenvalue weighted by atomic mass is 9.94. The highest BCUT2D eigenvalue weighted by Gasteiger charge is 2.66. The van der Waals surface area contributed by atoms with Gasteiger partial charge in [-0.15, -0.1) is 0 Å². The molecule has 1 N–H and O–H groups in total. The van der Waals surface area contributed by atoms with E-state index in [1.54, 1.807) is 0 Å². The maximum Gasteiger partial charge on any atom is 0.0783 e. The number of allylic oxidation sites excluding steroid dienone is 1. The van der Waals surface area contributed by atoms with Crippen molar-refractivity contribution in [3.63, 3.8) is 0 Å². The van der Waals surface area contributed by atoms with Crippen LogP contribution in [-0.4, -0.2) is 11.2 Å². The van der Waals surface area contributed by atoms with Gasteiger partial charge in [0.05, 0.1) is 6.10 Å². The van der Waals surface area contributed by atoms with Crippen LogP contribution in [0.4, 0.5) is 0 Å². The van der Waals surface area contributed by atoms with Crippen LogP contribution in [0.2, 0.25) is 0 Å². The average Bonchev–Trinajstić information content (AvgIpc) is 2.70. The first-order valence-corrected chi connectivity index (χ1v) is 6.73. The van der Waals surface area contributed by atoms with E-state index in [4.69, 9.17) is 0 Å². The highest BCUT2D eigenvalue weighted by Crippen LogP contribution is 2.70. The standard InChI is InChI=1S/C14H20O/c15-14(8-3-1-2-4-8)13-11-9-5-6-10(7-9)12(11)13/h3,9-15H,1-2,4-7H2. The summed E-state index contributed by atoms with van der Waals surface area (Å²) in [6.45, 7) is 0. The molecule has 0 saturated heterocycles. The molecule has 15 heavy (non-hydrogen) atoms. The molecule has 1 heteroatoms. The Morgan fingerprint density at radius 2 is 1.93 bits per heavy atom. The van der Waals surface area contributed by atoms with Crippen molar-refractivity contribution in [2.75, 3.05) is 0 Å². The van der Waals surface area contributed by atoms with E-state index in [2.05, 4.69) is 6.08 Å². The van der Waals surface area contributed by atoms with E-state index in [1.807, 2.05) is 0 Å². The Labute approximate surface area is 91.6 Å². The molecule has 4 rings (SSSR count). The lowest BCUT2D eigenvalue weighted by molar-refractivity contribution is 0.159. The molecule has 3 fully saturated rings. The van der Waals surface area contributed by atoms with E-state index >= 15 is 0 Å². The average molecular weight is 204 g/mol. The van der Waals surface area contributed by atoms with Crippen molar-refractivity contribution in [2.24, 2.45) is 29.6 Å². The van der Waals surface area contributed by atoms with Gasteiger partial charge in [-0.3, -0.25) is 0 Å². The van der Waals surface area contributed by atoms with Crippen LogP contribution in [0.25, 0.3) is 0 Å². The fraction of sp³-hybridized carbons (Fsp3) is 0.857. The third-order valence-electron chi connectivity index (χ3n) is 5.62. The van der Waals surface area contributed by atoms with Crippen LogP contribution in [-0.2, 0) is 0 Å². The van der Waals surface area contributed by atoms with Gasteiger partial charge in [0.1, 0.15) is 0 Å². The first-order chi connectivity index (χ1) is 7.36. The molecule has 0 aromatic heterocycles. The zero-order chi connectivity index (χ0) is 9.99. The Hall–Kier alpha value is -0.300. The van der Waals surface area contributed by atoms with Crippen LogP contribution in [0.5, 0.6) is 0 Å². The summed E-state index contributed by atoms with van der Waals surface area (Å²) < 4.78 is 0. The SMILES string of the molecule is OC(C1=CCCC1)C1C2C3CCC(C3)C21. The van der Waals surface area contributed by atoms with E-state index in [0.29, 0.717) is 5.92 Å². The minimum atomic E-state index is -0.0501. The summed E-state index contributed by atoms with van der Waals surface area (Å²) in [4.78, 5) is 0. The topological polar surface area (TPSA) is 20.2 Å². The quantitative estimate of drug-likeness (QED) is 0.686. The van der Waals surface area contributed by atoms with Crippen molar-refractivity contribution < 1.29 is 5.11 Å². The zero-order valence-electron chi connectivity index (χ0n) is 9.23. The fourth-order valence-electron chi connectivity index (χ4n) is 5.03. The Morgan fingerprint density at radius 3 is 2.53 bits per heavy atom. The van der Waals surface area contributed by atoms with Gasteiger partial charge in [-0.05, 0) is 73.7 Å². The van der Waals surface area contributed by atoms with Crippen LogP contribution in [0.1, 0.15) is 38.5 Å². The number of aliphatic hydroxyl groups excluding tert-OH is 1. The Bertz CT molecular complexity index is 303. The Morgan fingerprint density at radius 1 is 1.20 bits per heavy atom. The summed E-state index contributed by atoms with van der Waals surface area (Å²) >= 11 is 0. The molecule has 5 atom stereocenters. The van der Waals surface area contributed by atoms with Crippen molar-refractivity contribution in [3.05, 3.63) is 11.6 Å². The summed E-state index contributed by atoms with van der Waals surface area (Å²) in [6, 6.07) is 0. The van der Waals surface area contributed by atoms with E-state index < -0.39 is 0 Å². The van der Waals surface area contributed by atoms with Gasteiger partial charge < -0.3 is 5.11 Å². The van der Waals surface area contributed by atoms with Crippen LogP contribution in [0.15, 0.2) is 11.6 Å². The molecule has 82 valence electrons. The summed E-state index contributed by atoms with van der Waals surface area (Å²) in [6.07, 6.45) is 10.3. The van der Waals surface area contributed by atoms with E-state index in [0.717, 1.165) is 23.7 Å². The van der Waals surface area contributed by atoms with Crippen LogP contribution < -0.4 is 0 Å². The molecule has 0 aliphatic heterocycles. The Kier molecular flexibility index (Phi) is 1.69. The molecule has 0 heterocycles. The normalized spacial score (nSPS) is 52.9. The van der Waals surface area contributed by atoms with Gasteiger partial charge in [-0.25, -0.2) is 0 Å². The lowest BCUT2D eigenvalue weighted by Crippen LogP contribution is -2.17. The minimum Gasteiger partial charge on any atom is -0.388 e. The Balaban J connectivity index is 1.52. The molecule has 1 nitrogen and oxygen atoms in total. The lowest BCUT2D eigenvalue weighted by Gasteiger charge is -2.16. The predicted octanol–water partition coefficient (Wildman–Crippen LogP) is 2.75. The molecule has 0 radical (unpaired) electrons. The second-order valence-electron chi connectivity index (χ2n) is 6.18.